The fraction of sp³-hybridized carbons (Fsp3) is 0.278. The Labute approximate surface area is 161 Å². The predicted molar refractivity (Wildman–Crippen MR) is 101 cm³/mol. The number of nitrogens with zero attached hydrogens (tertiary/aromatic N) is 2. The molecule has 2 aliphatic heterocycles. The molecule has 2 aromatic rings. The average Bonchev–Trinajstić information content (AvgIpc) is 2.94. The van der Waals surface area contributed by atoms with Crippen molar-refractivity contribution in [1.82, 2.24) is 4.72 Å². The number of hydrogen-bond donors (Lipinski definition) is 2. The smallest absolute Gasteiger partial charge is 0.326 e. The molecule has 2 fully saturated rings. The number of halogens is 1. The van der Waals surface area contributed by atoms with Crippen LogP contribution in [0.3, 0.4) is 0 Å². The van der Waals surface area contributed by atoms with Gasteiger partial charge in [0.15, 0.2) is 5.82 Å². The Morgan fingerprint density at radius 1 is 1.07 bits per heavy atom. The molecule has 148 valence electrons. The summed E-state index contributed by atoms with van der Waals surface area (Å²) in [6.45, 7) is 2.33. The minimum absolute atomic E-state index is 0.392. The first-order valence-corrected chi connectivity index (χ1v) is 10.1. The second kappa shape index (κ2) is 6.95. The molecule has 8 nitrogen and oxygen atoms in total. The number of phenolic OH excluding ortho intramolecular Hbond substituents is 1. The summed E-state index contributed by atoms with van der Waals surface area (Å²) in [6.07, 6.45) is 0. The van der Waals surface area contributed by atoms with Crippen LogP contribution in [0.15, 0.2) is 36.4 Å². The standard InChI is InChI=1S/C18H18FN3O5S/c19-15-9-13(10-16(23)18(15)22-11-17(24)20-28(22,25)26)12-1-3-14(4-2-12)21-5-7-27-8-6-21/h1-4,9-10,23H,5-8,11H2,(H,20,24). The van der Waals surface area contributed by atoms with Crippen LogP contribution >= 0.6 is 0 Å². The molecule has 2 N–H and O–H groups in total. The zero-order chi connectivity index (χ0) is 19.9. The number of rotatable bonds is 3. The summed E-state index contributed by atoms with van der Waals surface area (Å²) in [5.41, 5.74) is 1.52. The lowest BCUT2D eigenvalue weighted by molar-refractivity contribution is -0.117. The second-order valence-corrected chi connectivity index (χ2v) is 8.10. The number of benzene rings is 2. The molecule has 2 heterocycles. The largest absolute Gasteiger partial charge is 0.506 e. The van der Waals surface area contributed by atoms with Crippen LogP contribution in [-0.4, -0.2) is 52.3 Å². The molecule has 0 aliphatic carbocycles. The van der Waals surface area contributed by atoms with Crippen LogP contribution in [0.4, 0.5) is 15.8 Å². The van der Waals surface area contributed by atoms with Crippen molar-refractivity contribution in [3.63, 3.8) is 0 Å². The van der Waals surface area contributed by atoms with Gasteiger partial charge in [-0.2, -0.15) is 8.42 Å². The third-order valence-electron chi connectivity index (χ3n) is 4.69. The number of morpholine rings is 1. The summed E-state index contributed by atoms with van der Waals surface area (Å²) in [5, 5.41) is 10.3. The highest BCUT2D eigenvalue weighted by atomic mass is 32.2. The van der Waals surface area contributed by atoms with Gasteiger partial charge in [0.2, 0.25) is 0 Å². The first-order chi connectivity index (χ1) is 13.3. The van der Waals surface area contributed by atoms with Gasteiger partial charge in [-0.1, -0.05) is 12.1 Å². The minimum atomic E-state index is -4.21. The van der Waals surface area contributed by atoms with E-state index in [-0.39, 0.29) is 0 Å². The molecule has 0 aromatic heterocycles. The van der Waals surface area contributed by atoms with Crippen LogP contribution in [0.2, 0.25) is 0 Å². The third kappa shape index (κ3) is 3.36. The molecule has 2 aliphatic rings. The molecule has 0 atom stereocenters. The monoisotopic (exact) mass is 407 g/mol. The Kier molecular flexibility index (Phi) is 4.60. The lowest BCUT2D eigenvalue weighted by atomic mass is 10.0. The van der Waals surface area contributed by atoms with E-state index in [1.165, 1.54) is 6.07 Å². The highest BCUT2D eigenvalue weighted by molar-refractivity contribution is 7.92. The highest BCUT2D eigenvalue weighted by Gasteiger charge is 2.37. The van der Waals surface area contributed by atoms with Gasteiger partial charge in [-0.05, 0) is 35.4 Å². The molecule has 0 saturated carbocycles. The molecular weight excluding hydrogens is 389 g/mol. The van der Waals surface area contributed by atoms with Crippen molar-refractivity contribution >= 4 is 27.5 Å². The van der Waals surface area contributed by atoms with E-state index < -0.39 is 39.9 Å². The number of hydrogen-bond acceptors (Lipinski definition) is 6. The van der Waals surface area contributed by atoms with Crippen LogP contribution < -0.4 is 13.9 Å². The van der Waals surface area contributed by atoms with Crippen LogP contribution in [0.1, 0.15) is 0 Å². The van der Waals surface area contributed by atoms with Crippen molar-refractivity contribution in [2.75, 3.05) is 42.1 Å². The van der Waals surface area contributed by atoms with Gasteiger partial charge in [0, 0.05) is 18.8 Å². The van der Waals surface area contributed by atoms with Gasteiger partial charge in [0.25, 0.3) is 5.91 Å². The first kappa shape index (κ1) is 18.5. The maximum Gasteiger partial charge on any atom is 0.326 e. The molecular formula is C18H18FN3O5S. The Balaban J connectivity index is 1.64. The number of carbonyl (C=O) groups excluding carboxylic acids is 1. The highest BCUT2D eigenvalue weighted by Crippen LogP contribution is 2.37. The molecule has 0 bridgehead atoms. The predicted octanol–water partition coefficient (Wildman–Crippen LogP) is 1.22. The molecule has 2 aromatic carbocycles. The van der Waals surface area contributed by atoms with Crippen molar-refractivity contribution in [3.8, 4) is 16.9 Å². The minimum Gasteiger partial charge on any atom is -0.506 e. The number of aromatic hydroxyl groups is 1. The van der Waals surface area contributed by atoms with Gasteiger partial charge in [0.05, 0.1) is 13.2 Å². The van der Waals surface area contributed by atoms with Crippen molar-refractivity contribution in [2.24, 2.45) is 0 Å². The van der Waals surface area contributed by atoms with E-state index in [4.69, 9.17) is 4.74 Å². The molecule has 10 heteroatoms. The average molecular weight is 407 g/mol. The summed E-state index contributed by atoms with van der Waals surface area (Å²) >= 11 is 0. The van der Waals surface area contributed by atoms with Crippen molar-refractivity contribution in [1.29, 1.82) is 0 Å². The molecule has 28 heavy (non-hydrogen) atoms. The summed E-state index contributed by atoms with van der Waals surface area (Å²) in [5.74, 6) is -2.29. The molecule has 0 unspecified atom stereocenters. The van der Waals surface area contributed by atoms with Gasteiger partial charge < -0.3 is 14.7 Å². The quantitative estimate of drug-likeness (QED) is 0.794. The van der Waals surface area contributed by atoms with Crippen LogP contribution in [-0.2, 0) is 19.7 Å². The normalized spacial score (nSPS) is 19.0. The number of nitrogens with one attached hydrogen (secondary N) is 1. The maximum absolute atomic E-state index is 14.7. The summed E-state index contributed by atoms with van der Waals surface area (Å²) in [6, 6.07) is 9.82. The number of anilines is 2. The van der Waals surface area contributed by atoms with Crippen LogP contribution in [0.5, 0.6) is 5.75 Å². The molecule has 4 rings (SSSR count). The van der Waals surface area contributed by atoms with Gasteiger partial charge in [-0.3, -0.25) is 4.79 Å². The summed E-state index contributed by atoms with van der Waals surface area (Å²) < 4.78 is 46.1. The van der Waals surface area contributed by atoms with E-state index in [1.807, 2.05) is 12.1 Å². The van der Waals surface area contributed by atoms with E-state index >= 15 is 0 Å². The lowest BCUT2D eigenvalue weighted by Gasteiger charge is -2.29. The molecule has 0 radical (unpaired) electrons. The number of carbonyl (C=O) groups is 1. The summed E-state index contributed by atoms with van der Waals surface area (Å²) in [7, 11) is -4.21. The van der Waals surface area contributed by atoms with Crippen molar-refractivity contribution < 1.29 is 27.4 Å². The van der Waals surface area contributed by atoms with Gasteiger partial charge in [0.1, 0.15) is 18.0 Å². The van der Waals surface area contributed by atoms with Gasteiger partial charge in [-0.25, -0.2) is 13.4 Å². The second-order valence-electron chi connectivity index (χ2n) is 6.51. The summed E-state index contributed by atoms with van der Waals surface area (Å²) in [4.78, 5) is 13.5. The van der Waals surface area contributed by atoms with E-state index in [9.17, 15) is 22.7 Å². The van der Waals surface area contributed by atoms with Crippen molar-refractivity contribution in [3.05, 3.63) is 42.2 Å². The topological polar surface area (TPSA) is 99.2 Å². The van der Waals surface area contributed by atoms with E-state index in [2.05, 4.69) is 4.90 Å². The number of phenols is 1. The Morgan fingerprint density at radius 2 is 1.75 bits per heavy atom. The van der Waals surface area contributed by atoms with Crippen LogP contribution in [0.25, 0.3) is 11.1 Å². The molecule has 0 spiro atoms. The van der Waals surface area contributed by atoms with Gasteiger partial charge >= 0.3 is 10.2 Å². The fourth-order valence-electron chi connectivity index (χ4n) is 3.33. The van der Waals surface area contributed by atoms with Gasteiger partial charge in [-0.15, -0.1) is 0 Å². The number of amides is 1. The zero-order valence-corrected chi connectivity index (χ0v) is 15.6. The Morgan fingerprint density at radius 3 is 2.32 bits per heavy atom. The van der Waals surface area contributed by atoms with Crippen LogP contribution in [0, 0.1) is 5.82 Å². The zero-order valence-electron chi connectivity index (χ0n) is 14.8. The van der Waals surface area contributed by atoms with Crippen molar-refractivity contribution in [2.45, 2.75) is 0 Å². The Hall–Kier alpha value is -2.85. The lowest BCUT2D eigenvalue weighted by Crippen LogP contribution is -2.36. The maximum atomic E-state index is 14.7. The third-order valence-corrected chi connectivity index (χ3v) is 6.07. The van der Waals surface area contributed by atoms with E-state index in [0.717, 1.165) is 24.8 Å². The Bertz CT molecular complexity index is 997. The van der Waals surface area contributed by atoms with E-state index in [0.29, 0.717) is 28.6 Å². The molecule has 2 saturated heterocycles. The first-order valence-electron chi connectivity index (χ1n) is 8.64. The SMILES string of the molecule is O=C1CN(c2c(O)cc(-c3ccc(N4CCOCC4)cc3)cc2F)S(=O)(=O)N1. The number of ether oxygens (including phenoxy) is 1. The fourth-order valence-corrected chi connectivity index (χ4v) is 4.50. The van der Waals surface area contributed by atoms with E-state index in [1.54, 1.807) is 16.9 Å². The molecule has 1 amide bonds.